The Morgan fingerprint density at radius 1 is 1.47 bits per heavy atom. The van der Waals surface area contributed by atoms with Crippen molar-refractivity contribution in [3.63, 3.8) is 0 Å². The molecule has 3 heteroatoms. The van der Waals surface area contributed by atoms with E-state index in [0.29, 0.717) is 0 Å². The third kappa shape index (κ3) is 1.79. The van der Waals surface area contributed by atoms with Gasteiger partial charge in [0.25, 0.3) is 0 Å². The Balaban J connectivity index is 2.37. The summed E-state index contributed by atoms with van der Waals surface area (Å²) in [6.45, 7) is 2.09. The van der Waals surface area contributed by atoms with E-state index in [2.05, 4.69) is 28.9 Å². The van der Waals surface area contributed by atoms with Crippen LogP contribution in [0.1, 0.15) is 25.3 Å². The predicted molar refractivity (Wildman–Crippen MR) is 65.3 cm³/mol. The van der Waals surface area contributed by atoms with Crippen molar-refractivity contribution >= 4 is 15.9 Å². The van der Waals surface area contributed by atoms with E-state index in [1.165, 1.54) is 18.4 Å². The molecule has 2 nitrogen and oxygen atoms in total. The number of hydrogen-bond donors (Lipinski definition) is 1. The molecule has 82 valence electrons. The molecule has 1 atom stereocenters. The number of hydrogen-bond acceptors (Lipinski definition) is 2. The Hall–Kier alpha value is -0.540. The van der Waals surface area contributed by atoms with E-state index in [9.17, 15) is 0 Å². The van der Waals surface area contributed by atoms with Crippen LogP contribution in [0.4, 0.5) is 0 Å². The smallest absolute Gasteiger partial charge is 0.120 e. The van der Waals surface area contributed by atoms with E-state index in [1.807, 2.05) is 12.1 Å². The quantitative estimate of drug-likeness (QED) is 0.916. The molecule has 1 unspecified atom stereocenters. The SMILES string of the molecule is COc1ccc(C2(C(C)N)CC2)c(Br)c1. The summed E-state index contributed by atoms with van der Waals surface area (Å²) in [6.07, 6.45) is 2.38. The van der Waals surface area contributed by atoms with Crippen LogP contribution < -0.4 is 10.5 Å². The molecule has 15 heavy (non-hydrogen) atoms. The molecule has 2 rings (SSSR count). The van der Waals surface area contributed by atoms with E-state index in [1.54, 1.807) is 7.11 Å². The second kappa shape index (κ2) is 3.80. The van der Waals surface area contributed by atoms with E-state index in [-0.39, 0.29) is 11.5 Å². The van der Waals surface area contributed by atoms with Crippen LogP contribution in [0.3, 0.4) is 0 Å². The second-order valence-electron chi connectivity index (χ2n) is 4.29. The molecule has 0 aliphatic heterocycles. The molecule has 1 aromatic carbocycles. The molecule has 0 spiro atoms. The monoisotopic (exact) mass is 269 g/mol. The normalized spacial score (nSPS) is 19.7. The van der Waals surface area contributed by atoms with Crippen molar-refractivity contribution in [1.29, 1.82) is 0 Å². The maximum atomic E-state index is 6.05. The first-order chi connectivity index (χ1) is 7.10. The summed E-state index contributed by atoms with van der Waals surface area (Å²) in [4.78, 5) is 0. The molecule has 1 aliphatic rings. The summed E-state index contributed by atoms with van der Waals surface area (Å²) in [6, 6.07) is 6.35. The van der Waals surface area contributed by atoms with Gasteiger partial charge in [-0.25, -0.2) is 0 Å². The number of nitrogens with two attached hydrogens (primary N) is 1. The number of rotatable bonds is 3. The summed E-state index contributed by atoms with van der Waals surface area (Å²) < 4.78 is 6.29. The molecule has 0 radical (unpaired) electrons. The van der Waals surface area contributed by atoms with Gasteiger partial charge in [-0.3, -0.25) is 0 Å². The zero-order valence-corrected chi connectivity index (χ0v) is 10.7. The lowest BCUT2D eigenvalue weighted by Crippen LogP contribution is -2.31. The zero-order chi connectivity index (χ0) is 11.1. The van der Waals surface area contributed by atoms with Gasteiger partial charge in [0.2, 0.25) is 0 Å². The van der Waals surface area contributed by atoms with Gasteiger partial charge in [0.05, 0.1) is 7.11 Å². The second-order valence-corrected chi connectivity index (χ2v) is 5.14. The molecule has 0 heterocycles. The lowest BCUT2D eigenvalue weighted by atomic mass is 9.89. The first kappa shape index (κ1) is 11.0. The van der Waals surface area contributed by atoms with Crippen molar-refractivity contribution in [2.75, 3.05) is 7.11 Å². The minimum Gasteiger partial charge on any atom is -0.497 e. The Bertz CT molecular complexity index is 372. The first-order valence-corrected chi connectivity index (χ1v) is 5.99. The van der Waals surface area contributed by atoms with Crippen LogP contribution in [0.5, 0.6) is 5.75 Å². The summed E-state index contributed by atoms with van der Waals surface area (Å²) >= 11 is 3.60. The fraction of sp³-hybridized carbons (Fsp3) is 0.500. The third-order valence-electron chi connectivity index (χ3n) is 3.37. The maximum Gasteiger partial charge on any atom is 0.120 e. The van der Waals surface area contributed by atoms with Crippen molar-refractivity contribution in [1.82, 2.24) is 0 Å². The summed E-state index contributed by atoms with van der Waals surface area (Å²) in [5.74, 6) is 0.881. The molecule has 0 amide bonds. The van der Waals surface area contributed by atoms with Gasteiger partial charge in [-0.1, -0.05) is 22.0 Å². The van der Waals surface area contributed by atoms with Crippen molar-refractivity contribution in [2.45, 2.75) is 31.2 Å². The third-order valence-corrected chi connectivity index (χ3v) is 4.03. The van der Waals surface area contributed by atoms with Crippen molar-refractivity contribution in [2.24, 2.45) is 5.73 Å². The highest BCUT2D eigenvalue weighted by Crippen LogP contribution is 2.52. The molecule has 2 N–H and O–H groups in total. The summed E-state index contributed by atoms with van der Waals surface area (Å²) in [5, 5.41) is 0. The van der Waals surface area contributed by atoms with Gasteiger partial charge in [-0.2, -0.15) is 0 Å². The van der Waals surface area contributed by atoms with E-state index >= 15 is 0 Å². The highest BCUT2D eigenvalue weighted by Gasteiger charge is 2.48. The molecule has 0 saturated heterocycles. The first-order valence-electron chi connectivity index (χ1n) is 5.20. The van der Waals surface area contributed by atoms with Gasteiger partial charge in [0.15, 0.2) is 0 Å². The van der Waals surface area contributed by atoms with Gasteiger partial charge in [-0.15, -0.1) is 0 Å². The van der Waals surface area contributed by atoms with Crippen LogP contribution in [0, 0.1) is 0 Å². The average molecular weight is 270 g/mol. The van der Waals surface area contributed by atoms with Gasteiger partial charge in [0.1, 0.15) is 5.75 Å². The largest absolute Gasteiger partial charge is 0.497 e. The number of halogens is 1. The van der Waals surface area contributed by atoms with Crippen LogP contribution >= 0.6 is 15.9 Å². The van der Waals surface area contributed by atoms with Crippen molar-refractivity contribution in [3.05, 3.63) is 28.2 Å². The average Bonchev–Trinajstić information content (AvgIpc) is 2.98. The van der Waals surface area contributed by atoms with E-state index in [4.69, 9.17) is 10.5 Å². The van der Waals surface area contributed by atoms with Gasteiger partial charge in [-0.05, 0) is 37.5 Å². The molecule has 1 aromatic rings. The summed E-state index contributed by atoms with van der Waals surface area (Å²) in [5.41, 5.74) is 7.57. The Labute approximate surface area is 98.9 Å². The van der Waals surface area contributed by atoms with Crippen molar-refractivity contribution in [3.8, 4) is 5.75 Å². The van der Waals surface area contributed by atoms with Crippen LogP contribution in [0.25, 0.3) is 0 Å². The van der Waals surface area contributed by atoms with E-state index in [0.717, 1.165) is 10.2 Å². The van der Waals surface area contributed by atoms with Gasteiger partial charge < -0.3 is 10.5 Å². The fourth-order valence-electron chi connectivity index (χ4n) is 2.13. The molecule has 0 aromatic heterocycles. The lowest BCUT2D eigenvalue weighted by Gasteiger charge is -2.21. The predicted octanol–water partition coefficient (Wildman–Crippen LogP) is 2.84. The molecular formula is C12H16BrNO. The van der Waals surface area contributed by atoms with Gasteiger partial charge >= 0.3 is 0 Å². The number of benzene rings is 1. The van der Waals surface area contributed by atoms with Crippen LogP contribution in [-0.4, -0.2) is 13.2 Å². The van der Waals surface area contributed by atoms with Crippen molar-refractivity contribution < 1.29 is 4.74 Å². The molecule has 1 fully saturated rings. The van der Waals surface area contributed by atoms with Crippen LogP contribution in [-0.2, 0) is 5.41 Å². The maximum absolute atomic E-state index is 6.05. The number of ether oxygens (including phenoxy) is 1. The van der Waals surface area contributed by atoms with Crippen LogP contribution in [0.2, 0.25) is 0 Å². The highest BCUT2D eigenvalue weighted by molar-refractivity contribution is 9.10. The fourth-order valence-corrected chi connectivity index (χ4v) is 2.88. The molecule has 1 saturated carbocycles. The molecule has 0 bridgehead atoms. The Morgan fingerprint density at radius 2 is 2.13 bits per heavy atom. The standard InChI is InChI=1S/C12H16BrNO/c1-8(14)12(5-6-12)10-4-3-9(15-2)7-11(10)13/h3-4,7-8H,5-6,14H2,1-2H3. The zero-order valence-electron chi connectivity index (χ0n) is 9.09. The van der Waals surface area contributed by atoms with Gasteiger partial charge in [0, 0.05) is 15.9 Å². The topological polar surface area (TPSA) is 35.2 Å². The molecular weight excluding hydrogens is 254 g/mol. The minimum atomic E-state index is 0.200. The Kier molecular flexibility index (Phi) is 2.77. The molecule has 1 aliphatic carbocycles. The Morgan fingerprint density at radius 3 is 2.53 bits per heavy atom. The van der Waals surface area contributed by atoms with E-state index < -0.39 is 0 Å². The number of methoxy groups -OCH3 is 1. The summed E-state index contributed by atoms with van der Waals surface area (Å²) in [7, 11) is 1.68. The lowest BCUT2D eigenvalue weighted by molar-refractivity contribution is 0.414. The highest BCUT2D eigenvalue weighted by atomic mass is 79.9. The van der Waals surface area contributed by atoms with Crippen LogP contribution in [0.15, 0.2) is 22.7 Å². The minimum absolute atomic E-state index is 0.200.